The molecule has 2 rings (SSSR count). The van der Waals surface area contributed by atoms with Crippen molar-refractivity contribution in [1.82, 2.24) is 4.90 Å². The van der Waals surface area contributed by atoms with E-state index in [-0.39, 0.29) is 19.8 Å². The van der Waals surface area contributed by atoms with Gasteiger partial charge in [-0.05, 0) is 6.42 Å². The summed E-state index contributed by atoms with van der Waals surface area (Å²) in [6.07, 6.45) is 19.5. The molecule has 2 atom stereocenters. The van der Waals surface area contributed by atoms with Crippen molar-refractivity contribution < 1.29 is 46.7 Å². The Morgan fingerprint density at radius 2 is 1.27 bits per heavy atom. The standard InChI is InChI=1S/C33H65N2O9P/c1-3-4-5-6-7-8-9-10-11-12-13-14-15-16-17-18-24-41-30-32(44-33(36)34-19-25-39-26-20-34)31-43-45(37,38)42-29-23-35(2)21-27-40-28-22-35/h32H,3-31H2,1-2H3. The van der Waals surface area contributed by atoms with E-state index in [1.807, 2.05) is 0 Å². The summed E-state index contributed by atoms with van der Waals surface area (Å²) in [5.41, 5.74) is 0. The zero-order chi connectivity index (χ0) is 32.5. The molecule has 0 aromatic carbocycles. The molecule has 45 heavy (non-hydrogen) atoms. The monoisotopic (exact) mass is 664 g/mol. The molecule has 0 aliphatic carbocycles. The molecule has 266 valence electrons. The number of rotatable bonds is 27. The molecule has 0 aromatic rings. The fourth-order valence-electron chi connectivity index (χ4n) is 5.64. The second kappa shape index (κ2) is 25.3. The molecule has 2 fully saturated rings. The molecule has 12 heteroatoms. The van der Waals surface area contributed by atoms with Gasteiger partial charge in [0.25, 0.3) is 7.82 Å². The highest BCUT2D eigenvalue weighted by Gasteiger charge is 2.27. The molecule has 1 amide bonds. The second-order valence-electron chi connectivity index (χ2n) is 13.0. The fraction of sp³-hybridized carbons (Fsp3) is 0.970. The van der Waals surface area contributed by atoms with E-state index in [4.69, 9.17) is 28.0 Å². The lowest BCUT2D eigenvalue weighted by Gasteiger charge is -2.38. The lowest BCUT2D eigenvalue weighted by atomic mass is 10.0. The van der Waals surface area contributed by atoms with Crippen LogP contribution in [-0.4, -0.2) is 114 Å². The van der Waals surface area contributed by atoms with Gasteiger partial charge in [0.05, 0.1) is 46.7 Å². The Morgan fingerprint density at radius 3 is 1.82 bits per heavy atom. The Morgan fingerprint density at radius 1 is 0.756 bits per heavy atom. The molecule has 11 nitrogen and oxygen atoms in total. The second-order valence-corrected chi connectivity index (χ2v) is 14.4. The van der Waals surface area contributed by atoms with E-state index in [0.717, 1.165) is 25.9 Å². The largest absolute Gasteiger partial charge is 0.756 e. The first-order valence-electron chi connectivity index (χ1n) is 18.0. The van der Waals surface area contributed by atoms with Crippen LogP contribution in [0, 0.1) is 0 Å². The SMILES string of the molecule is CCCCCCCCCCCCCCCCCCOCC(COP(=O)([O-])OCC[N+]1(C)CCOCC1)OC(=O)N1CCOCC1. The van der Waals surface area contributed by atoms with Crippen molar-refractivity contribution in [1.29, 1.82) is 0 Å². The molecular weight excluding hydrogens is 599 g/mol. The molecule has 2 aliphatic rings. The minimum absolute atomic E-state index is 0.0191. The van der Waals surface area contributed by atoms with Crippen LogP contribution in [0.5, 0.6) is 0 Å². The van der Waals surface area contributed by atoms with Crippen molar-refractivity contribution in [3.63, 3.8) is 0 Å². The summed E-state index contributed by atoms with van der Waals surface area (Å²) in [6, 6.07) is 0. The van der Waals surface area contributed by atoms with Crippen LogP contribution in [0.1, 0.15) is 110 Å². The average molecular weight is 665 g/mol. The molecule has 0 bridgehead atoms. The summed E-state index contributed by atoms with van der Waals surface area (Å²) in [5, 5.41) is 0. The predicted molar refractivity (Wildman–Crippen MR) is 174 cm³/mol. The van der Waals surface area contributed by atoms with Gasteiger partial charge in [0.15, 0.2) is 6.10 Å². The summed E-state index contributed by atoms with van der Waals surface area (Å²) in [5.74, 6) is 0. The first-order valence-corrected chi connectivity index (χ1v) is 19.4. The smallest absolute Gasteiger partial charge is 0.410 e. The Kier molecular flexibility index (Phi) is 22.7. The van der Waals surface area contributed by atoms with E-state index < -0.39 is 20.0 Å². The van der Waals surface area contributed by atoms with E-state index >= 15 is 0 Å². The molecule has 2 saturated heterocycles. The summed E-state index contributed by atoms with van der Waals surface area (Å²) in [6.45, 7) is 7.72. The van der Waals surface area contributed by atoms with Gasteiger partial charge < -0.3 is 42.3 Å². The van der Waals surface area contributed by atoms with Gasteiger partial charge in [0, 0.05) is 19.7 Å². The van der Waals surface area contributed by atoms with Crippen LogP contribution in [0.25, 0.3) is 0 Å². The minimum atomic E-state index is -4.57. The number of carbonyl (C=O) groups excluding carboxylic acids is 1. The van der Waals surface area contributed by atoms with Gasteiger partial charge in [-0.2, -0.15) is 0 Å². The van der Waals surface area contributed by atoms with E-state index in [0.29, 0.717) is 57.2 Å². The summed E-state index contributed by atoms with van der Waals surface area (Å²) < 4.78 is 45.5. The number of phosphoric acid groups is 1. The maximum atomic E-state index is 12.7. The first-order chi connectivity index (χ1) is 21.8. The number of unbranched alkanes of at least 4 members (excludes halogenated alkanes) is 15. The van der Waals surface area contributed by atoms with E-state index in [1.54, 1.807) is 4.90 Å². The van der Waals surface area contributed by atoms with E-state index in [1.165, 1.54) is 89.9 Å². The number of quaternary nitrogens is 1. The number of amides is 1. The van der Waals surface area contributed by atoms with Gasteiger partial charge in [0.1, 0.15) is 26.2 Å². The Labute approximate surface area is 273 Å². The highest BCUT2D eigenvalue weighted by atomic mass is 31.2. The van der Waals surface area contributed by atoms with Gasteiger partial charge >= 0.3 is 6.09 Å². The summed E-state index contributed by atoms with van der Waals surface area (Å²) in [7, 11) is -2.51. The van der Waals surface area contributed by atoms with Crippen molar-refractivity contribution in [3.8, 4) is 0 Å². The van der Waals surface area contributed by atoms with Crippen LogP contribution in [-0.2, 0) is 32.6 Å². The van der Waals surface area contributed by atoms with Crippen molar-refractivity contribution >= 4 is 13.9 Å². The number of morpholine rings is 2. The van der Waals surface area contributed by atoms with Crippen LogP contribution >= 0.6 is 7.82 Å². The van der Waals surface area contributed by atoms with Crippen LogP contribution in [0.2, 0.25) is 0 Å². The molecule has 0 aromatic heterocycles. The van der Waals surface area contributed by atoms with Crippen LogP contribution in [0.3, 0.4) is 0 Å². The molecular formula is C33H65N2O9P. The molecule has 0 spiro atoms. The topological polar surface area (TPSA) is 116 Å². The van der Waals surface area contributed by atoms with E-state index in [2.05, 4.69) is 14.0 Å². The third kappa shape index (κ3) is 20.9. The maximum absolute atomic E-state index is 12.7. The van der Waals surface area contributed by atoms with Crippen LogP contribution < -0.4 is 4.89 Å². The quantitative estimate of drug-likeness (QED) is 0.0585. The number of hydrogen-bond acceptors (Lipinski definition) is 9. The van der Waals surface area contributed by atoms with Crippen LogP contribution in [0.4, 0.5) is 4.79 Å². The van der Waals surface area contributed by atoms with Gasteiger partial charge in [-0.25, -0.2) is 4.79 Å². The van der Waals surface area contributed by atoms with Gasteiger partial charge in [-0.15, -0.1) is 0 Å². The number of hydrogen-bond donors (Lipinski definition) is 0. The van der Waals surface area contributed by atoms with Crippen molar-refractivity contribution in [2.75, 3.05) is 92.6 Å². The fourth-order valence-corrected chi connectivity index (χ4v) is 6.37. The number of phosphoric ester groups is 1. The minimum Gasteiger partial charge on any atom is -0.756 e. The third-order valence-corrected chi connectivity index (χ3v) is 9.80. The molecule has 0 N–H and O–H groups in total. The molecule has 0 radical (unpaired) electrons. The highest BCUT2D eigenvalue weighted by Crippen LogP contribution is 2.38. The predicted octanol–water partition coefficient (Wildman–Crippen LogP) is 6.08. The molecule has 2 heterocycles. The number of nitrogens with zero attached hydrogens (tertiary/aromatic N) is 2. The number of carbonyl (C=O) groups is 1. The van der Waals surface area contributed by atoms with E-state index in [9.17, 15) is 14.3 Å². The molecule has 0 saturated carbocycles. The van der Waals surface area contributed by atoms with Gasteiger partial charge in [0.2, 0.25) is 0 Å². The van der Waals surface area contributed by atoms with Crippen molar-refractivity contribution in [2.45, 2.75) is 116 Å². The van der Waals surface area contributed by atoms with Crippen molar-refractivity contribution in [2.24, 2.45) is 0 Å². The van der Waals surface area contributed by atoms with Crippen molar-refractivity contribution in [3.05, 3.63) is 0 Å². The number of ether oxygens (including phenoxy) is 4. The highest BCUT2D eigenvalue weighted by molar-refractivity contribution is 7.45. The number of likely N-dealkylation sites (N-methyl/N-ethyl adjacent to an activating group) is 1. The van der Waals surface area contributed by atoms with Gasteiger partial charge in [-0.3, -0.25) is 4.57 Å². The molecule has 2 aliphatic heterocycles. The zero-order valence-corrected chi connectivity index (χ0v) is 29.5. The maximum Gasteiger partial charge on any atom is 0.410 e. The van der Waals surface area contributed by atoms with Crippen LogP contribution in [0.15, 0.2) is 0 Å². The first kappa shape index (κ1) is 40.4. The average Bonchev–Trinajstić information content (AvgIpc) is 3.03. The normalized spacial score (nSPS) is 18.9. The summed E-state index contributed by atoms with van der Waals surface area (Å²) in [4.78, 5) is 26.7. The Bertz CT molecular complexity index is 779. The Balaban J connectivity index is 1.56. The molecule has 2 unspecified atom stereocenters. The zero-order valence-electron chi connectivity index (χ0n) is 28.6. The lowest BCUT2D eigenvalue weighted by Crippen LogP contribution is -2.53. The third-order valence-electron chi connectivity index (χ3n) is 8.83. The Hall–Kier alpha value is -0.780. The summed E-state index contributed by atoms with van der Waals surface area (Å²) >= 11 is 0. The lowest BCUT2D eigenvalue weighted by molar-refractivity contribution is -0.916. The van der Waals surface area contributed by atoms with Gasteiger partial charge in [-0.1, -0.05) is 103 Å².